The Hall–Kier alpha value is -4.14. The molecule has 2 N–H and O–H groups in total. The van der Waals surface area contributed by atoms with Gasteiger partial charge in [-0.1, -0.05) is 73.7 Å². The number of fused-ring (bicyclic) bond motifs is 1. The number of pyridine rings is 1. The molecule has 0 fully saturated rings. The molecule has 6 heteroatoms. The highest BCUT2D eigenvalue weighted by Crippen LogP contribution is 2.26. The fourth-order valence-corrected chi connectivity index (χ4v) is 3.95. The van der Waals surface area contributed by atoms with Crippen LogP contribution in [0.25, 0.3) is 10.9 Å². The number of para-hydroxylation sites is 1. The molecule has 0 radical (unpaired) electrons. The summed E-state index contributed by atoms with van der Waals surface area (Å²) in [6.45, 7) is 5.88. The molecule has 0 aliphatic rings. The van der Waals surface area contributed by atoms with Gasteiger partial charge in [-0.3, -0.25) is 25.4 Å². The molecular formula is C29H24ClN3O2. The van der Waals surface area contributed by atoms with Crippen LogP contribution in [0.1, 0.15) is 62.7 Å². The molecule has 2 amide bonds. The first-order valence-corrected chi connectivity index (χ1v) is 11.6. The number of nitrogens with one attached hydrogen (secondary N) is 2. The first-order chi connectivity index (χ1) is 16.8. The summed E-state index contributed by atoms with van der Waals surface area (Å²) in [5, 5.41) is 1.35. The van der Waals surface area contributed by atoms with Gasteiger partial charge in [-0.15, -0.1) is 0 Å². The summed E-state index contributed by atoms with van der Waals surface area (Å²) in [5.74, 6) is 5.44. The molecule has 4 aromatic rings. The second-order valence-electron chi connectivity index (χ2n) is 8.46. The number of nitrogens with zero attached hydrogens (tertiary/aromatic N) is 1. The van der Waals surface area contributed by atoms with Gasteiger partial charge >= 0.3 is 0 Å². The van der Waals surface area contributed by atoms with Gasteiger partial charge in [0, 0.05) is 28.3 Å². The lowest BCUT2D eigenvalue weighted by atomic mass is 9.97. The third-order valence-corrected chi connectivity index (χ3v) is 5.93. The van der Waals surface area contributed by atoms with Crippen LogP contribution in [-0.4, -0.2) is 16.8 Å². The van der Waals surface area contributed by atoms with Gasteiger partial charge in [-0.25, -0.2) is 0 Å². The molecule has 0 unspecified atom stereocenters. The molecule has 0 aliphatic heterocycles. The zero-order valence-electron chi connectivity index (χ0n) is 19.6. The largest absolute Gasteiger partial charge is 0.271 e. The molecule has 174 valence electrons. The van der Waals surface area contributed by atoms with Crippen molar-refractivity contribution in [3.05, 3.63) is 111 Å². The van der Waals surface area contributed by atoms with Gasteiger partial charge in [0.15, 0.2) is 0 Å². The SMILES string of the molecule is Cc1ccc(C(=O)NNC(=O)c2c(Cl)cccc2C(C)C)cc1C#Cc1cnc2ccccc2c1. The van der Waals surface area contributed by atoms with Crippen molar-refractivity contribution in [3.8, 4) is 11.8 Å². The highest BCUT2D eigenvalue weighted by molar-refractivity contribution is 6.34. The Morgan fingerprint density at radius 2 is 1.69 bits per heavy atom. The molecule has 0 atom stereocenters. The Kier molecular flexibility index (Phi) is 7.14. The third kappa shape index (κ3) is 5.51. The highest BCUT2D eigenvalue weighted by atomic mass is 35.5. The number of hydrogen-bond acceptors (Lipinski definition) is 3. The minimum absolute atomic E-state index is 0.0983. The molecule has 0 saturated carbocycles. The lowest BCUT2D eigenvalue weighted by molar-refractivity contribution is 0.0846. The Bertz CT molecular complexity index is 1500. The van der Waals surface area contributed by atoms with Crippen LogP contribution in [0.15, 0.2) is 72.9 Å². The van der Waals surface area contributed by atoms with E-state index in [9.17, 15) is 9.59 Å². The maximum Gasteiger partial charge on any atom is 0.271 e. The lowest BCUT2D eigenvalue weighted by Crippen LogP contribution is -2.42. The normalized spacial score (nSPS) is 10.5. The van der Waals surface area contributed by atoms with Crippen molar-refractivity contribution < 1.29 is 9.59 Å². The molecule has 5 nitrogen and oxygen atoms in total. The zero-order chi connectivity index (χ0) is 24.9. The number of hydrazine groups is 1. The van der Waals surface area contributed by atoms with Gasteiger partial charge in [0.05, 0.1) is 16.1 Å². The van der Waals surface area contributed by atoms with E-state index in [4.69, 9.17) is 11.6 Å². The molecule has 0 spiro atoms. The number of rotatable bonds is 3. The van der Waals surface area contributed by atoms with Crippen LogP contribution in [0.4, 0.5) is 0 Å². The number of carbonyl (C=O) groups is 2. The minimum atomic E-state index is -0.469. The van der Waals surface area contributed by atoms with Crippen LogP contribution in [0.2, 0.25) is 5.02 Å². The third-order valence-electron chi connectivity index (χ3n) is 5.62. The summed E-state index contributed by atoms with van der Waals surface area (Å²) < 4.78 is 0. The van der Waals surface area contributed by atoms with Gasteiger partial charge in [-0.05, 0) is 54.3 Å². The maximum absolute atomic E-state index is 12.8. The Morgan fingerprint density at radius 3 is 2.49 bits per heavy atom. The van der Waals surface area contributed by atoms with Crippen molar-refractivity contribution in [2.75, 3.05) is 0 Å². The summed E-state index contributed by atoms with van der Waals surface area (Å²) in [5.41, 5.74) is 9.82. The second kappa shape index (κ2) is 10.4. The fourth-order valence-electron chi connectivity index (χ4n) is 3.69. The number of amides is 2. The zero-order valence-corrected chi connectivity index (χ0v) is 20.4. The molecule has 4 rings (SSSR count). The molecule has 1 heterocycles. The van der Waals surface area contributed by atoms with E-state index in [0.29, 0.717) is 21.7 Å². The first-order valence-electron chi connectivity index (χ1n) is 11.2. The van der Waals surface area contributed by atoms with Crippen molar-refractivity contribution in [1.29, 1.82) is 0 Å². The Labute approximate surface area is 209 Å². The Morgan fingerprint density at radius 1 is 0.914 bits per heavy atom. The summed E-state index contributed by atoms with van der Waals surface area (Å²) >= 11 is 6.26. The van der Waals surface area contributed by atoms with Crippen molar-refractivity contribution in [2.24, 2.45) is 0 Å². The topological polar surface area (TPSA) is 71.1 Å². The fraction of sp³-hybridized carbons (Fsp3) is 0.138. The van der Waals surface area contributed by atoms with E-state index in [1.165, 1.54) is 0 Å². The molecule has 0 bridgehead atoms. The van der Waals surface area contributed by atoms with Gasteiger partial charge in [-0.2, -0.15) is 0 Å². The summed E-state index contributed by atoms with van der Waals surface area (Å²) in [6.07, 6.45) is 1.73. The second-order valence-corrected chi connectivity index (χ2v) is 8.87. The predicted octanol–water partition coefficient (Wildman–Crippen LogP) is 5.79. The van der Waals surface area contributed by atoms with Crippen molar-refractivity contribution in [1.82, 2.24) is 15.8 Å². The summed E-state index contributed by atoms with van der Waals surface area (Å²) in [4.78, 5) is 29.9. The van der Waals surface area contributed by atoms with E-state index in [1.54, 1.807) is 30.5 Å². The summed E-state index contributed by atoms with van der Waals surface area (Å²) in [6, 6.07) is 20.3. The monoisotopic (exact) mass is 481 g/mol. The van der Waals surface area contributed by atoms with Crippen LogP contribution in [-0.2, 0) is 0 Å². The molecule has 1 aromatic heterocycles. The average molecular weight is 482 g/mol. The van der Waals surface area contributed by atoms with Crippen molar-refractivity contribution in [3.63, 3.8) is 0 Å². The number of aromatic nitrogens is 1. The van der Waals surface area contributed by atoms with Gasteiger partial charge in [0.1, 0.15) is 0 Å². The molecule has 3 aromatic carbocycles. The quantitative estimate of drug-likeness (QED) is 0.287. The summed E-state index contributed by atoms with van der Waals surface area (Å²) in [7, 11) is 0. The number of aryl methyl sites for hydroxylation is 1. The lowest BCUT2D eigenvalue weighted by Gasteiger charge is -2.15. The van der Waals surface area contributed by atoms with E-state index >= 15 is 0 Å². The molecular weight excluding hydrogens is 458 g/mol. The van der Waals surface area contributed by atoms with Gasteiger partial charge in [0.2, 0.25) is 0 Å². The number of halogens is 1. The van der Waals surface area contributed by atoms with Crippen LogP contribution in [0.5, 0.6) is 0 Å². The molecule has 0 saturated heterocycles. The maximum atomic E-state index is 12.8. The van der Waals surface area contributed by atoms with Gasteiger partial charge in [0.25, 0.3) is 11.8 Å². The van der Waals surface area contributed by atoms with Crippen LogP contribution < -0.4 is 10.9 Å². The Balaban J connectivity index is 1.51. The molecule has 35 heavy (non-hydrogen) atoms. The van der Waals surface area contributed by atoms with Crippen molar-refractivity contribution >= 4 is 34.3 Å². The van der Waals surface area contributed by atoms with Gasteiger partial charge < -0.3 is 0 Å². The predicted molar refractivity (Wildman–Crippen MR) is 139 cm³/mol. The van der Waals surface area contributed by atoms with E-state index < -0.39 is 11.8 Å². The van der Waals surface area contributed by atoms with Crippen LogP contribution in [0.3, 0.4) is 0 Å². The first kappa shape index (κ1) is 24.0. The highest BCUT2D eigenvalue weighted by Gasteiger charge is 2.18. The van der Waals surface area contributed by atoms with E-state index in [0.717, 1.165) is 27.6 Å². The average Bonchev–Trinajstić information content (AvgIpc) is 2.86. The van der Waals surface area contributed by atoms with E-state index in [1.807, 2.05) is 63.2 Å². The number of carbonyl (C=O) groups excluding carboxylic acids is 2. The standard InChI is InChI=1S/C29H24ClN3O2/c1-18(2)24-8-6-9-25(30)27(24)29(35)33-32-28(34)23-13-11-19(3)21(16-23)14-12-20-15-22-7-4-5-10-26(22)31-17-20/h4-11,13,15-18H,1-3H3,(H,32,34)(H,33,35). The van der Waals surface area contributed by atoms with Crippen LogP contribution in [0, 0.1) is 18.8 Å². The minimum Gasteiger partial charge on any atom is -0.267 e. The van der Waals surface area contributed by atoms with E-state index in [-0.39, 0.29) is 5.92 Å². The number of hydrogen-bond donors (Lipinski definition) is 2. The van der Waals surface area contributed by atoms with Crippen molar-refractivity contribution in [2.45, 2.75) is 26.7 Å². The van der Waals surface area contributed by atoms with E-state index in [2.05, 4.69) is 27.7 Å². The number of benzene rings is 3. The smallest absolute Gasteiger partial charge is 0.267 e. The van der Waals surface area contributed by atoms with Crippen LogP contribution >= 0.6 is 11.6 Å². The molecule has 0 aliphatic carbocycles.